The van der Waals surface area contributed by atoms with Crippen LogP contribution in [0.25, 0.3) is 0 Å². The third-order valence-electron chi connectivity index (χ3n) is 3.84. The number of ether oxygens (including phenoxy) is 4. The van der Waals surface area contributed by atoms with Gasteiger partial charge in [-0.3, -0.25) is 9.59 Å². The molecule has 8 nitrogen and oxygen atoms in total. The molecule has 0 saturated carbocycles. The molecule has 0 heterocycles. The molecule has 29 heavy (non-hydrogen) atoms. The number of carbonyl (C=O) groups excluding carboxylic acids is 2. The zero-order valence-electron chi connectivity index (χ0n) is 16.4. The Balaban J connectivity index is 1.80. The van der Waals surface area contributed by atoms with Crippen LogP contribution < -0.4 is 29.6 Å². The van der Waals surface area contributed by atoms with Crippen LogP contribution in [0, 0.1) is 0 Å². The summed E-state index contributed by atoms with van der Waals surface area (Å²) in [6.45, 7) is 0.395. The van der Waals surface area contributed by atoms with Gasteiger partial charge in [0, 0.05) is 10.6 Å². The molecule has 0 bridgehead atoms. The summed E-state index contributed by atoms with van der Waals surface area (Å²) in [6.07, 6.45) is 0. The molecule has 0 aromatic heterocycles. The predicted molar refractivity (Wildman–Crippen MR) is 108 cm³/mol. The molecule has 2 aromatic rings. The zero-order valence-corrected chi connectivity index (χ0v) is 17.2. The van der Waals surface area contributed by atoms with Gasteiger partial charge >= 0.3 is 0 Å². The first-order chi connectivity index (χ1) is 14.0. The Kier molecular flexibility index (Phi) is 8.42. The van der Waals surface area contributed by atoms with Crippen molar-refractivity contribution in [3.63, 3.8) is 0 Å². The molecule has 0 atom stereocenters. The molecule has 0 radical (unpaired) electrons. The second-order valence-electron chi connectivity index (χ2n) is 5.75. The lowest BCUT2D eigenvalue weighted by atomic mass is 10.1. The number of methoxy groups -OCH3 is 3. The SMILES string of the molecule is COc1cc(C(=O)NCC(=O)NCCOc2ccc(Cl)cc2)cc(OC)c1OC. The van der Waals surface area contributed by atoms with Gasteiger partial charge in [0.2, 0.25) is 11.7 Å². The van der Waals surface area contributed by atoms with Crippen molar-refractivity contribution in [2.24, 2.45) is 0 Å². The number of carbonyl (C=O) groups is 2. The van der Waals surface area contributed by atoms with Crippen molar-refractivity contribution in [3.05, 3.63) is 47.0 Å². The summed E-state index contributed by atoms with van der Waals surface area (Å²) in [4.78, 5) is 24.3. The average molecular weight is 423 g/mol. The normalized spacial score (nSPS) is 10.1. The highest BCUT2D eigenvalue weighted by Crippen LogP contribution is 2.38. The minimum Gasteiger partial charge on any atom is -0.493 e. The van der Waals surface area contributed by atoms with Crippen molar-refractivity contribution in [1.82, 2.24) is 10.6 Å². The van der Waals surface area contributed by atoms with Crippen LogP contribution in [-0.4, -0.2) is 52.8 Å². The van der Waals surface area contributed by atoms with Crippen molar-refractivity contribution >= 4 is 23.4 Å². The van der Waals surface area contributed by atoms with Gasteiger partial charge in [0.05, 0.1) is 34.4 Å². The maximum Gasteiger partial charge on any atom is 0.251 e. The summed E-state index contributed by atoms with van der Waals surface area (Å²) < 4.78 is 21.1. The summed E-state index contributed by atoms with van der Waals surface area (Å²) in [5.74, 6) is 0.938. The molecule has 0 aliphatic carbocycles. The van der Waals surface area contributed by atoms with Gasteiger partial charge in [-0.05, 0) is 36.4 Å². The van der Waals surface area contributed by atoms with Crippen molar-refractivity contribution in [3.8, 4) is 23.0 Å². The van der Waals surface area contributed by atoms with Crippen molar-refractivity contribution in [2.75, 3.05) is 41.0 Å². The molecule has 2 N–H and O–H groups in total. The number of benzene rings is 2. The largest absolute Gasteiger partial charge is 0.493 e. The van der Waals surface area contributed by atoms with Crippen molar-refractivity contribution in [1.29, 1.82) is 0 Å². The van der Waals surface area contributed by atoms with Gasteiger partial charge in [-0.25, -0.2) is 0 Å². The molecule has 0 unspecified atom stereocenters. The van der Waals surface area contributed by atoms with E-state index in [0.29, 0.717) is 34.6 Å². The first kappa shape index (κ1) is 22.2. The van der Waals surface area contributed by atoms with Gasteiger partial charge in [-0.15, -0.1) is 0 Å². The van der Waals surface area contributed by atoms with Crippen molar-refractivity contribution < 1.29 is 28.5 Å². The van der Waals surface area contributed by atoms with Crippen LogP contribution in [0.4, 0.5) is 0 Å². The maximum absolute atomic E-state index is 12.3. The van der Waals surface area contributed by atoms with Gasteiger partial charge in [-0.2, -0.15) is 0 Å². The minimum atomic E-state index is -0.447. The van der Waals surface area contributed by atoms with Crippen LogP contribution in [0.2, 0.25) is 5.02 Å². The molecular formula is C20H23ClN2O6. The van der Waals surface area contributed by atoms with E-state index in [1.165, 1.54) is 33.5 Å². The number of hydrogen-bond donors (Lipinski definition) is 2. The van der Waals surface area contributed by atoms with Crippen LogP contribution in [0.5, 0.6) is 23.0 Å². The van der Waals surface area contributed by atoms with Crippen LogP contribution in [0.3, 0.4) is 0 Å². The van der Waals surface area contributed by atoms with E-state index in [-0.39, 0.29) is 24.6 Å². The lowest BCUT2D eigenvalue weighted by Crippen LogP contribution is -2.38. The fourth-order valence-corrected chi connectivity index (χ4v) is 2.55. The smallest absolute Gasteiger partial charge is 0.251 e. The minimum absolute atomic E-state index is 0.184. The first-order valence-electron chi connectivity index (χ1n) is 8.71. The summed E-state index contributed by atoms with van der Waals surface area (Å²) in [6, 6.07) is 9.93. The van der Waals surface area contributed by atoms with E-state index in [9.17, 15) is 9.59 Å². The third kappa shape index (κ3) is 6.46. The lowest BCUT2D eigenvalue weighted by molar-refractivity contribution is -0.120. The Labute approximate surface area is 174 Å². The fourth-order valence-electron chi connectivity index (χ4n) is 2.43. The predicted octanol–water partition coefficient (Wildman–Crippen LogP) is 2.29. The van der Waals surface area contributed by atoms with Gasteiger partial charge in [0.25, 0.3) is 5.91 Å². The highest BCUT2D eigenvalue weighted by molar-refractivity contribution is 6.30. The summed E-state index contributed by atoms with van der Waals surface area (Å²) in [5.41, 5.74) is 0.276. The van der Waals surface area contributed by atoms with E-state index < -0.39 is 5.91 Å². The third-order valence-corrected chi connectivity index (χ3v) is 4.09. The molecule has 156 valence electrons. The Morgan fingerprint density at radius 2 is 1.55 bits per heavy atom. The van der Waals surface area contributed by atoms with E-state index >= 15 is 0 Å². The van der Waals surface area contributed by atoms with Crippen LogP contribution in [0.1, 0.15) is 10.4 Å². The van der Waals surface area contributed by atoms with Crippen LogP contribution >= 0.6 is 11.6 Å². The molecule has 0 aliphatic heterocycles. The molecule has 0 spiro atoms. The van der Waals surface area contributed by atoms with Gasteiger partial charge in [0.15, 0.2) is 11.5 Å². The van der Waals surface area contributed by atoms with Crippen LogP contribution in [-0.2, 0) is 4.79 Å². The van der Waals surface area contributed by atoms with E-state index in [1.807, 2.05) is 0 Å². The number of halogens is 1. The number of nitrogens with one attached hydrogen (secondary N) is 2. The molecule has 0 aliphatic rings. The fraction of sp³-hybridized carbons (Fsp3) is 0.300. The Hall–Kier alpha value is -3.13. The molecule has 2 aromatic carbocycles. The molecule has 0 fully saturated rings. The number of amides is 2. The lowest BCUT2D eigenvalue weighted by Gasteiger charge is -2.14. The Morgan fingerprint density at radius 1 is 0.931 bits per heavy atom. The first-order valence-corrected chi connectivity index (χ1v) is 9.09. The van der Waals surface area contributed by atoms with E-state index in [1.54, 1.807) is 24.3 Å². The quantitative estimate of drug-likeness (QED) is 0.570. The molecule has 9 heteroatoms. The zero-order chi connectivity index (χ0) is 21.2. The summed E-state index contributed by atoms with van der Waals surface area (Å²) in [7, 11) is 4.39. The van der Waals surface area contributed by atoms with E-state index in [0.717, 1.165) is 0 Å². The molecular weight excluding hydrogens is 400 g/mol. The molecule has 0 saturated heterocycles. The number of hydrogen-bond acceptors (Lipinski definition) is 6. The highest BCUT2D eigenvalue weighted by atomic mass is 35.5. The van der Waals surface area contributed by atoms with Gasteiger partial charge < -0.3 is 29.6 Å². The van der Waals surface area contributed by atoms with Crippen LogP contribution in [0.15, 0.2) is 36.4 Å². The second kappa shape index (κ2) is 11.0. The summed E-state index contributed by atoms with van der Waals surface area (Å²) in [5, 5.41) is 5.82. The average Bonchev–Trinajstić information content (AvgIpc) is 2.75. The second-order valence-corrected chi connectivity index (χ2v) is 6.19. The van der Waals surface area contributed by atoms with E-state index in [2.05, 4.69) is 10.6 Å². The van der Waals surface area contributed by atoms with Crippen molar-refractivity contribution in [2.45, 2.75) is 0 Å². The molecule has 2 rings (SSSR count). The number of rotatable bonds is 10. The highest BCUT2D eigenvalue weighted by Gasteiger charge is 2.17. The summed E-state index contributed by atoms with van der Waals surface area (Å²) >= 11 is 5.80. The monoisotopic (exact) mass is 422 g/mol. The molecule has 2 amide bonds. The Morgan fingerprint density at radius 3 is 2.10 bits per heavy atom. The van der Waals surface area contributed by atoms with Gasteiger partial charge in [0.1, 0.15) is 12.4 Å². The topological polar surface area (TPSA) is 95.1 Å². The van der Waals surface area contributed by atoms with E-state index in [4.69, 9.17) is 30.5 Å². The van der Waals surface area contributed by atoms with Gasteiger partial charge in [-0.1, -0.05) is 11.6 Å². The maximum atomic E-state index is 12.3. The standard InChI is InChI=1S/C20H23ClN2O6/c1-26-16-10-13(11-17(27-2)19(16)28-3)20(25)23-12-18(24)22-8-9-29-15-6-4-14(21)5-7-15/h4-7,10-11H,8-9,12H2,1-3H3,(H,22,24)(H,23,25). The Bertz CT molecular complexity index is 816.